The highest BCUT2D eigenvalue weighted by atomic mass is 16.3. The van der Waals surface area contributed by atoms with Gasteiger partial charge in [0.05, 0.1) is 6.61 Å². The van der Waals surface area contributed by atoms with E-state index in [0.29, 0.717) is 5.92 Å². The van der Waals surface area contributed by atoms with Crippen LogP contribution in [0, 0.1) is 5.92 Å². The maximum atomic E-state index is 9.58. The Labute approximate surface area is 106 Å². The van der Waals surface area contributed by atoms with E-state index >= 15 is 0 Å². The molecule has 0 aromatic rings. The van der Waals surface area contributed by atoms with Gasteiger partial charge in [0.25, 0.3) is 0 Å². The molecule has 1 aliphatic rings. The van der Waals surface area contributed by atoms with E-state index in [9.17, 15) is 5.11 Å². The molecular weight excluding hydrogens is 214 g/mol. The molecule has 0 radical (unpaired) electrons. The fourth-order valence-electron chi connectivity index (χ4n) is 2.62. The van der Waals surface area contributed by atoms with Crippen molar-refractivity contribution in [3.05, 3.63) is 0 Å². The standard InChI is InChI=1S/C13H29N3O/c1-11(2)9-12(14)13(10-17)16-6-4-5-15(3)7-8-16/h11-13,17H,4-10,14H2,1-3H3. The molecule has 1 rings (SSSR count). The lowest BCUT2D eigenvalue weighted by atomic mass is 9.97. The molecule has 102 valence electrons. The molecule has 3 N–H and O–H groups in total. The summed E-state index contributed by atoms with van der Waals surface area (Å²) in [6.45, 7) is 8.85. The molecule has 1 saturated heterocycles. The summed E-state index contributed by atoms with van der Waals surface area (Å²) in [4.78, 5) is 4.72. The number of hydrogen-bond acceptors (Lipinski definition) is 4. The van der Waals surface area contributed by atoms with Crippen molar-refractivity contribution in [2.45, 2.75) is 38.8 Å². The smallest absolute Gasteiger partial charge is 0.0601 e. The van der Waals surface area contributed by atoms with Gasteiger partial charge < -0.3 is 15.7 Å². The summed E-state index contributed by atoms with van der Waals surface area (Å²) in [7, 11) is 2.16. The van der Waals surface area contributed by atoms with Crippen LogP contribution in [0.1, 0.15) is 26.7 Å². The lowest BCUT2D eigenvalue weighted by molar-refractivity contribution is 0.101. The largest absolute Gasteiger partial charge is 0.395 e. The first-order valence-electron chi connectivity index (χ1n) is 6.83. The fraction of sp³-hybridized carbons (Fsp3) is 1.00. The van der Waals surface area contributed by atoms with Crippen LogP contribution >= 0.6 is 0 Å². The molecule has 17 heavy (non-hydrogen) atoms. The number of hydrogen-bond donors (Lipinski definition) is 2. The highest BCUT2D eigenvalue weighted by molar-refractivity contribution is 4.84. The zero-order valence-electron chi connectivity index (χ0n) is 11.6. The molecule has 2 atom stereocenters. The summed E-state index contributed by atoms with van der Waals surface area (Å²) in [6.07, 6.45) is 2.15. The third-order valence-electron chi connectivity index (χ3n) is 3.65. The average molecular weight is 243 g/mol. The Bertz CT molecular complexity index is 211. The molecule has 0 aliphatic carbocycles. The quantitative estimate of drug-likeness (QED) is 0.732. The summed E-state index contributed by atoms with van der Waals surface area (Å²) in [6, 6.07) is 0.215. The van der Waals surface area contributed by atoms with E-state index in [-0.39, 0.29) is 18.7 Å². The number of aliphatic hydroxyl groups is 1. The Morgan fingerprint density at radius 1 is 1.18 bits per heavy atom. The van der Waals surface area contributed by atoms with E-state index in [1.807, 2.05) is 0 Å². The van der Waals surface area contributed by atoms with Crippen LogP contribution in [0.25, 0.3) is 0 Å². The zero-order valence-corrected chi connectivity index (χ0v) is 11.6. The van der Waals surface area contributed by atoms with Crippen molar-refractivity contribution in [1.82, 2.24) is 9.80 Å². The lowest BCUT2D eigenvalue weighted by Gasteiger charge is -2.34. The minimum Gasteiger partial charge on any atom is -0.395 e. The van der Waals surface area contributed by atoms with E-state index in [4.69, 9.17) is 5.73 Å². The maximum absolute atomic E-state index is 9.58. The number of aliphatic hydroxyl groups excluding tert-OH is 1. The van der Waals surface area contributed by atoms with Crippen molar-refractivity contribution >= 4 is 0 Å². The zero-order chi connectivity index (χ0) is 12.8. The molecule has 0 aromatic carbocycles. The lowest BCUT2D eigenvalue weighted by Crippen LogP contribution is -2.51. The normalized spacial score (nSPS) is 23.6. The molecule has 0 saturated carbocycles. The second kappa shape index (κ2) is 7.31. The van der Waals surface area contributed by atoms with Crippen molar-refractivity contribution < 1.29 is 5.11 Å². The van der Waals surface area contributed by atoms with Crippen LogP contribution in [-0.2, 0) is 0 Å². The van der Waals surface area contributed by atoms with Crippen molar-refractivity contribution in [3.63, 3.8) is 0 Å². The highest BCUT2D eigenvalue weighted by Crippen LogP contribution is 2.13. The number of nitrogens with two attached hydrogens (primary N) is 1. The third-order valence-corrected chi connectivity index (χ3v) is 3.65. The van der Waals surface area contributed by atoms with Gasteiger partial charge in [0.15, 0.2) is 0 Å². The minimum atomic E-state index is 0.0865. The van der Waals surface area contributed by atoms with Crippen molar-refractivity contribution in [2.75, 3.05) is 39.8 Å². The van der Waals surface area contributed by atoms with Gasteiger partial charge >= 0.3 is 0 Å². The summed E-state index contributed by atoms with van der Waals surface area (Å²) in [5.74, 6) is 0.591. The summed E-state index contributed by atoms with van der Waals surface area (Å²) in [5, 5.41) is 9.58. The van der Waals surface area contributed by atoms with Gasteiger partial charge in [0.2, 0.25) is 0 Å². The maximum Gasteiger partial charge on any atom is 0.0601 e. The summed E-state index contributed by atoms with van der Waals surface area (Å²) in [5.41, 5.74) is 6.23. The van der Waals surface area contributed by atoms with Gasteiger partial charge in [0, 0.05) is 25.2 Å². The molecule has 0 amide bonds. The van der Waals surface area contributed by atoms with Crippen molar-refractivity contribution in [2.24, 2.45) is 11.7 Å². The van der Waals surface area contributed by atoms with Crippen molar-refractivity contribution in [3.8, 4) is 0 Å². The van der Waals surface area contributed by atoms with Crippen LogP contribution in [0.2, 0.25) is 0 Å². The first-order chi connectivity index (χ1) is 8.04. The van der Waals surface area contributed by atoms with Gasteiger partial charge in [-0.25, -0.2) is 0 Å². The van der Waals surface area contributed by atoms with Gasteiger partial charge in [-0.2, -0.15) is 0 Å². The van der Waals surface area contributed by atoms with Gasteiger partial charge in [-0.1, -0.05) is 13.8 Å². The van der Waals surface area contributed by atoms with Crippen LogP contribution in [0.4, 0.5) is 0 Å². The predicted octanol–water partition coefficient (Wildman–Crippen LogP) is 0.358. The van der Waals surface area contributed by atoms with E-state index in [2.05, 4.69) is 30.7 Å². The summed E-state index contributed by atoms with van der Waals surface area (Å²) >= 11 is 0. The molecule has 4 nitrogen and oxygen atoms in total. The molecule has 0 bridgehead atoms. The monoisotopic (exact) mass is 243 g/mol. The Morgan fingerprint density at radius 3 is 2.47 bits per heavy atom. The van der Waals surface area contributed by atoms with Crippen LogP contribution < -0.4 is 5.73 Å². The van der Waals surface area contributed by atoms with Crippen LogP contribution in [-0.4, -0.2) is 66.8 Å². The number of likely N-dealkylation sites (N-methyl/N-ethyl adjacent to an activating group) is 1. The highest BCUT2D eigenvalue weighted by Gasteiger charge is 2.26. The Balaban J connectivity index is 2.53. The second-order valence-electron chi connectivity index (χ2n) is 5.74. The molecule has 1 heterocycles. The van der Waals surface area contributed by atoms with E-state index in [0.717, 1.165) is 32.6 Å². The van der Waals surface area contributed by atoms with Gasteiger partial charge in [-0.05, 0) is 38.9 Å². The first-order valence-corrected chi connectivity index (χ1v) is 6.83. The summed E-state index contributed by atoms with van der Waals surface area (Å²) < 4.78 is 0. The first kappa shape index (κ1) is 14.9. The molecular formula is C13H29N3O. The van der Waals surface area contributed by atoms with Crippen LogP contribution in [0.3, 0.4) is 0 Å². The van der Waals surface area contributed by atoms with Crippen molar-refractivity contribution in [1.29, 1.82) is 0 Å². The topological polar surface area (TPSA) is 52.7 Å². The molecule has 1 fully saturated rings. The minimum absolute atomic E-state index is 0.0865. The predicted molar refractivity (Wildman–Crippen MR) is 72.0 cm³/mol. The molecule has 2 unspecified atom stereocenters. The van der Waals surface area contributed by atoms with E-state index in [1.165, 1.54) is 6.42 Å². The van der Waals surface area contributed by atoms with Gasteiger partial charge in [-0.3, -0.25) is 4.90 Å². The Morgan fingerprint density at radius 2 is 1.88 bits per heavy atom. The molecule has 0 aromatic heterocycles. The molecule has 0 spiro atoms. The van der Waals surface area contributed by atoms with E-state index < -0.39 is 0 Å². The molecule has 4 heteroatoms. The second-order valence-corrected chi connectivity index (χ2v) is 5.74. The SMILES string of the molecule is CC(C)CC(N)C(CO)N1CCCN(C)CC1. The number of rotatable bonds is 5. The van der Waals surface area contributed by atoms with Crippen LogP contribution in [0.15, 0.2) is 0 Å². The third kappa shape index (κ3) is 4.92. The van der Waals surface area contributed by atoms with E-state index in [1.54, 1.807) is 0 Å². The van der Waals surface area contributed by atoms with Crippen LogP contribution in [0.5, 0.6) is 0 Å². The fourth-order valence-corrected chi connectivity index (χ4v) is 2.62. The Kier molecular flexibility index (Phi) is 6.41. The van der Waals surface area contributed by atoms with Gasteiger partial charge in [-0.15, -0.1) is 0 Å². The van der Waals surface area contributed by atoms with Gasteiger partial charge in [0.1, 0.15) is 0 Å². The average Bonchev–Trinajstić information content (AvgIpc) is 2.44. The number of nitrogens with zero attached hydrogens (tertiary/aromatic N) is 2. The Hall–Kier alpha value is -0.160. The molecule has 1 aliphatic heterocycles.